The zero-order chi connectivity index (χ0) is 18.7. The molecule has 0 aliphatic carbocycles. The number of hydrogen-bond acceptors (Lipinski definition) is 2. The Balaban J connectivity index is 2.32. The molecule has 1 heterocycles. The molecular formula is C22H24N2OSe. The molecule has 0 radical (unpaired) electrons. The van der Waals surface area contributed by atoms with Crippen molar-refractivity contribution < 1.29 is 4.79 Å². The summed E-state index contributed by atoms with van der Waals surface area (Å²) in [6, 6.07) is 20.2. The van der Waals surface area contributed by atoms with Gasteiger partial charge in [-0.15, -0.1) is 0 Å². The molecule has 0 aliphatic heterocycles. The van der Waals surface area contributed by atoms with Crippen molar-refractivity contribution in [3.63, 3.8) is 0 Å². The summed E-state index contributed by atoms with van der Waals surface area (Å²) in [5.74, 6) is 0.115. The van der Waals surface area contributed by atoms with Crippen LogP contribution in [0.1, 0.15) is 48.5 Å². The fourth-order valence-electron chi connectivity index (χ4n) is 2.92. The van der Waals surface area contributed by atoms with Crippen LogP contribution in [0.3, 0.4) is 0 Å². The van der Waals surface area contributed by atoms with Crippen LogP contribution in [0.2, 0.25) is 0 Å². The van der Waals surface area contributed by atoms with Crippen LogP contribution < -0.4 is 4.36 Å². The summed E-state index contributed by atoms with van der Waals surface area (Å²) in [5, 5.41) is 0. The van der Waals surface area contributed by atoms with Crippen molar-refractivity contribution in [2.24, 2.45) is 4.99 Å². The SMILES string of the molecule is CC(C)N=c1[se]c(C(=O)c2ccccc2)c(-c2ccccc2)n1C(C)C. The zero-order valence-electron chi connectivity index (χ0n) is 15.6. The van der Waals surface area contributed by atoms with Gasteiger partial charge in [-0.05, 0) is 0 Å². The second-order valence-corrected chi connectivity index (χ2v) is 8.86. The van der Waals surface area contributed by atoms with Crippen molar-refractivity contribution >= 4 is 20.3 Å². The van der Waals surface area contributed by atoms with Gasteiger partial charge >= 0.3 is 161 Å². The van der Waals surface area contributed by atoms with Crippen LogP contribution in [-0.4, -0.2) is 30.9 Å². The van der Waals surface area contributed by atoms with Gasteiger partial charge in [-0.25, -0.2) is 0 Å². The molecule has 0 spiro atoms. The quantitative estimate of drug-likeness (QED) is 0.455. The van der Waals surface area contributed by atoms with Crippen molar-refractivity contribution in [3.8, 4) is 11.3 Å². The van der Waals surface area contributed by atoms with Gasteiger partial charge in [-0.2, -0.15) is 0 Å². The third kappa shape index (κ3) is 3.82. The van der Waals surface area contributed by atoms with Crippen LogP contribution in [0, 0.1) is 0 Å². The van der Waals surface area contributed by atoms with Crippen LogP contribution in [0.25, 0.3) is 11.3 Å². The molecule has 3 nitrogen and oxygen atoms in total. The number of rotatable bonds is 5. The van der Waals surface area contributed by atoms with Crippen LogP contribution >= 0.6 is 0 Å². The van der Waals surface area contributed by atoms with Gasteiger partial charge < -0.3 is 0 Å². The molecule has 4 heteroatoms. The second-order valence-electron chi connectivity index (χ2n) is 6.81. The Morgan fingerprint density at radius 3 is 2.04 bits per heavy atom. The molecule has 26 heavy (non-hydrogen) atoms. The Hall–Kier alpha value is -2.16. The molecule has 0 saturated heterocycles. The van der Waals surface area contributed by atoms with Gasteiger partial charge in [0.15, 0.2) is 0 Å². The summed E-state index contributed by atoms with van der Waals surface area (Å²) in [5.41, 5.74) is 2.84. The normalized spacial score (nSPS) is 12.2. The summed E-state index contributed by atoms with van der Waals surface area (Å²) in [6.07, 6.45) is 0. The number of carbonyl (C=O) groups excluding carboxylic acids is 1. The summed E-state index contributed by atoms with van der Waals surface area (Å²) < 4.78 is 4.19. The first kappa shape index (κ1) is 18.6. The Morgan fingerprint density at radius 1 is 0.923 bits per heavy atom. The van der Waals surface area contributed by atoms with Gasteiger partial charge in [0, 0.05) is 0 Å². The van der Waals surface area contributed by atoms with Crippen molar-refractivity contribution in [3.05, 3.63) is 75.0 Å². The van der Waals surface area contributed by atoms with Crippen molar-refractivity contribution in [1.82, 2.24) is 4.57 Å². The number of benzene rings is 2. The van der Waals surface area contributed by atoms with Crippen LogP contribution in [0.15, 0.2) is 65.7 Å². The molecule has 2 aromatic carbocycles. The topological polar surface area (TPSA) is 34.4 Å². The van der Waals surface area contributed by atoms with Gasteiger partial charge in [0.05, 0.1) is 0 Å². The van der Waals surface area contributed by atoms with E-state index in [2.05, 4.69) is 44.4 Å². The molecule has 0 amide bonds. The fraction of sp³-hybridized carbons (Fsp3) is 0.273. The van der Waals surface area contributed by atoms with Crippen molar-refractivity contribution in [2.75, 3.05) is 0 Å². The molecule has 0 unspecified atom stereocenters. The predicted octanol–water partition coefficient (Wildman–Crippen LogP) is 4.33. The van der Waals surface area contributed by atoms with Gasteiger partial charge in [-0.1, -0.05) is 0 Å². The number of carbonyl (C=O) groups is 1. The summed E-state index contributed by atoms with van der Waals surface area (Å²) >= 11 is -0.105. The predicted molar refractivity (Wildman–Crippen MR) is 108 cm³/mol. The van der Waals surface area contributed by atoms with E-state index in [0.29, 0.717) is 0 Å². The zero-order valence-corrected chi connectivity index (χ0v) is 17.4. The van der Waals surface area contributed by atoms with Crippen molar-refractivity contribution in [1.29, 1.82) is 0 Å². The van der Waals surface area contributed by atoms with E-state index in [1.54, 1.807) is 0 Å². The van der Waals surface area contributed by atoms with E-state index in [0.717, 1.165) is 25.6 Å². The van der Waals surface area contributed by atoms with E-state index in [-0.39, 0.29) is 32.4 Å². The van der Waals surface area contributed by atoms with Crippen LogP contribution in [-0.2, 0) is 0 Å². The second kappa shape index (κ2) is 8.03. The molecule has 3 rings (SSSR count). The Kier molecular flexibility index (Phi) is 5.75. The van der Waals surface area contributed by atoms with Gasteiger partial charge in [0.1, 0.15) is 0 Å². The number of ketones is 1. The number of aromatic nitrogens is 1. The standard InChI is InChI=1S/C22H24N2OSe/c1-15(2)23-22-24(16(3)4)19(17-11-7-5-8-12-17)21(26-22)20(25)18-13-9-6-10-14-18/h5-16H,1-4H3. The molecule has 0 atom stereocenters. The molecule has 0 saturated carbocycles. The van der Waals surface area contributed by atoms with Gasteiger partial charge in [0.25, 0.3) is 0 Å². The number of nitrogens with zero attached hydrogens (tertiary/aromatic N) is 2. The van der Waals surface area contributed by atoms with Crippen LogP contribution in [0.4, 0.5) is 0 Å². The molecule has 0 aliphatic rings. The molecular weight excluding hydrogens is 387 g/mol. The van der Waals surface area contributed by atoms with E-state index in [1.807, 2.05) is 48.5 Å². The summed E-state index contributed by atoms with van der Waals surface area (Å²) in [7, 11) is 0. The average Bonchev–Trinajstić information content (AvgIpc) is 3.01. The minimum atomic E-state index is -0.105. The molecule has 1 aromatic heterocycles. The third-order valence-corrected chi connectivity index (χ3v) is 6.27. The Labute approximate surface area is 160 Å². The van der Waals surface area contributed by atoms with Gasteiger partial charge in [-0.3, -0.25) is 0 Å². The average molecular weight is 411 g/mol. The molecule has 0 N–H and O–H groups in total. The van der Waals surface area contributed by atoms with Crippen molar-refractivity contribution in [2.45, 2.75) is 39.8 Å². The Bertz CT molecular complexity index is 951. The summed E-state index contributed by atoms with van der Waals surface area (Å²) in [6.45, 7) is 8.48. The molecule has 0 fully saturated rings. The molecule has 134 valence electrons. The van der Waals surface area contributed by atoms with E-state index < -0.39 is 0 Å². The van der Waals surface area contributed by atoms with Gasteiger partial charge in [0.2, 0.25) is 0 Å². The van der Waals surface area contributed by atoms with E-state index in [4.69, 9.17) is 4.99 Å². The van der Waals surface area contributed by atoms with Crippen LogP contribution in [0.5, 0.6) is 0 Å². The molecule has 0 bridgehead atoms. The van der Waals surface area contributed by atoms with E-state index in [1.165, 1.54) is 0 Å². The minimum absolute atomic E-state index is 0.105. The first-order valence-electron chi connectivity index (χ1n) is 8.93. The fourth-order valence-corrected chi connectivity index (χ4v) is 5.80. The maximum absolute atomic E-state index is 13.3. The first-order valence-corrected chi connectivity index (χ1v) is 10.6. The maximum atomic E-state index is 13.3. The summed E-state index contributed by atoms with van der Waals surface area (Å²) in [4.78, 5) is 18.2. The van der Waals surface area contributed by atoms with E-state index >= 15 is 0 Å². The number of hydrogen-bond donors (Lipinski definition) is 0. The Morgan fingerprint density at radius 2 is 1.50 bits per heavy atom. The first-order chi connectivity index (χ1) is 12.5. The molecule has 3 aromatic rings. The monoisotopic (exact) mass is 412 g/mol. The third-order valence-electron chi connectivity index (χ3n) is 4.03. The van der Waals surface area contributed by atoms with E-state index in [9.17, 15) is 4.79 Å².